The zero-order chi connectivity index (χ0) is 11.5. The Labute approximate surface area is 92.6 Å². The highest BCUT2D eigenvalue weighted by atomic mass is 35.5. The van der Waals surface area contributed by atoms with Gasteiger partial charge in [-0.15, -0.1) is 11.3 Å². The lowest BCUT2D eigenvalue weighted by molar-refractivity contribution is -0.170. The Bertz CT molecular complexity index is 348. The number of Topliss-reactive ketones (excluding diaryl/α,β-unsaturated/α-hetero) is 1. The molecule has 0 aromatic carbocycles. The van der Waals surface area contributed by atoms with Gasteiger partial charge in [-0.3, -0.25) is 4.79 Å². The summed E-state index contributed by atoms with van der Waals surface area (Å²) < 4.78 is 39.6. The van der Waals surface area contributed by atoms with Crippen molar-refractivity contribution in [2.24, 2.45) is 0 Å². The highest BCUT2D eigenvalue weighted by Crippen LogP contribution is 2.22. The third-order valence-corrected chi connectivity index (χ3v) is 2.62. The van der Waals surface area contributed by atoms with Crippen molar-refractivity contribution in [2.75, 3.05) is 13.2 Å². The van der Waals surface area contributed by atoms with Crippen LogP contribution < -0.4 is 0 Å². The second-order valence-electron chi connectivity index (χ2n) is 2.63. The van der Waals surface area contributed by atoms with Crippen LogP contribution in [0.4, 0.5) is 13.2 Å². The van der Waals surface area contributed by atoms with Gasteiger partial charge >= 0.3 is 6.18 Å². The van der Waals surface area contributed by atoms with Crippen LogP contribution in [0, 0.1) is 0 Å². The Morgan fingerprint density at radius 1 is 1.47 bits per heavy atom. The average Bonchev–Trinajstić information content (AvgIpc) is 2.49. The molecule has 0 saturated carbocycles. The lowest BCUT2D eigenvalue weighted by Gasteiger charge is -2.05. The molecule has 1 rings (SSSR count). The van der Waals surface area contributed by atoms with Crippen molar-refractivity contribution in [3.8, 4) is 0 Å². The van der Waals surface area contributed by atoms with E-state index in [4.69, 9.17) is 11.6 Å². The number of carbonyl (C=O) groups excluding carboxylic acids is 1. The first-order valence-corrected chi connectivity index (χ1v) is 5.01. The minimum Gasteiger partial charge on any atom is -0.364 e. The van der Waals surface area contributed by atoms with Crippen LogP contribution in [-0.2, 0) is 4.74 Å². The number of thiophene rings is 1. The molecule has 0 unspecified atom stereocenters. The molecule has 0 bridgehead atoms. The van der Waals surface area contributed by atoms with E-state index in [1.165, 1.54) is 12.1 Å². The number of carbonyl (C=O) groups is 1. The van der Waals surface area contributed by atoms with Gasteiger partial charge in [-0.25, -0.2) is 0 Å². The molecule has 0 saturated heterocycles. The Morgan fingerprint density at radius 2 is 2.13 bits per heavy atom. The molecule has 1 heterocycles. The van der Waals surface area contributed by atoms with Gasteiger partial charge in [0.05, 0.1) is 9.21 Å². The van der Waals surface area contributed by atoms with Gasteiger partial charge < -0.3 is 4.74 Å². The maximum absolute atomic E-state index is 11.7. The van der Waals surface area contributed by atoms with Crippen molar-refractivity contribution in [3.63, 3.8) is 0 Å². The van der Waals surface area contributed by atoms with E-state index in [-0.39, 0.29) is 0 Å². The van der Waals surface area contributed by atoms with E-state index in [1.807, 2.05) is 0 Å². The second kappa shape index (κ2) is 4.96. The standard InChI is InChI=1S/C8H6ClF3O2S/c9-7-2-1-6(15-7)5(13)3-14-4-8(10,11)12/h1-2H,3-4H2. The van der Waals surface area contributed by atoms with Crippen molar-refractivity contribution in [2.45, 2.75) is 6.18 Å². The molecular formula is C8H6ClF3O2S. The molecule has 0 amide bonds. The van der Waals surface area contributed by atoms with E-state index in [0.717, 1.165) is 11.3 Å². The number of alkyl halides is 3. The van der Waals surface area contributed by atoms with Crippen LogP contribution in [0.3, 0.4) is 0 Å². The molecule has 0 N–H and O–H groups in total. The first-order valence-electron chi connectivity index (χ1n) is 3.81. The molecular weight excluding hydrogens is 253 g/mol. The Morgan fingerprint density at radius 3 is 2.60 bits per heavy atom. The van der Waals surface area contributed by atoms with Crippen LogP contribution in [0.25, 0.3) is 0 Å². The minimum atomic E-state index is -4.41. The van der Waals surface area contributed by atoms with Gasteiger partial charge in [-0.1, -0.05) is 11.6 Å². The number of hydrogen-bond acceptors (Lipinski definition) is 3. The molecule has 7 heteroatoms. The molecule has 0 radical (unpaired) electrons. The van der Waals surface area contributed by atoms with E-state index in [0.29, 0.717) is 9.21 Å². The summed E-state index contributed by atoms with van der Waals surface area (Å²) in [6.45, 7) is -2.01. The Hall–Kier alpha value is -0.590. The normalized spacial score (nSPS) is 11.7. The second-order valence-corrected chi connectivity index (χ2v) is 4.35. The molecule has 0 aliphatic heterocycles. The van der Waals surface area contributed by atoms with E-state index in [2.05, 4.69) is 4.74 Å². The van der Waals surface area contributed by atoms with E-state index < -0.39 is 25.2 Å². The van der Waals surface area contributed by atoms with Crippen molar-refractivity contribution >= 4 is 28.7 Å². The van der Waals surface area contributed by atoms with Crippen LogP contribution in [0.2, 0.25) is 4.34 Å². The summed E-state index contributed by atoms with van der Waals surface area (Å²) in [5.41, 5.74) is 0. The molecule has 0 aliphatic carbocycles. The Kier molecular flexibility index (Phi) is 4.12. The fourth-order valence-electron chi connectivity index (χ4n) is 0.795. The van der Waals surface area contributed by atoms with Crippen molar-refractivity contribution < 1.29 is 22.7 Å². The molecule has 1 aromatic heterocycles. The maximum atomic E-state index is 11.7. The van der Waals surface area contributed by atoms with E-state index in [9.17, 15) is 18.0 Å². The molecule has 84 valence electrons. The topological polar surface area (TPSA) is 26.3 Å². The summed E-state index contributed by atoms with van der Waals surface area (Å²) in [6, 6.07) is 2.95. The SMILES string of the molecule is O=C(COCC(F)(F)F)c1ccc(Cl)s1. The van der Waals surface area contributed by atoms with Gasteiger partial charge in [0, 0.05) is 0 Å². The number of halogens is 4. The summed E-state index contributed by atoms with van der Waals surface area (Å²) in [6.07, 6.45) is -4.41. The molecule has 0 aliphatic rings. The van der Waals surface area contributed by atoms with E-state index in [1.54, 1.807) is 0 Å². The van der Waals surface area contributed by atoms with Gasteiger partial charge in [0.2, 0.25) is 0 Å². The van der Waals surface area contributed by atoms with Crippen LogP contribution in [0.15, 0.2) is 12.1 Å². The molecule has 0 fully saturated rings. The van der Waals surface area contributed by atoms with E-state index >= 15 is 0 Å². The van der Waals surface area contributed by atoms with Crippen LogP contribution in [0.5, 0.6) is 0 Å². The lowest BCUT2D eigenvalue weighted by Crippen LogP contribution is -2.20. The largest absolute Gasteiger partial charge is 0.411 e. The first-order chi connectivity index (χ1) is 6.88. The summed E-state index contributed by atoms with van der Waals surface area (Å²) in [7, 11) is 0. The predicted molar refractivity (Wildman–Crippen MR) is 50.5 cm³/mol. The smallest absolute Gasteiger partial charge is 0.364 e. The summed E-state index contributed by atoms with van der Waals surface area (Å²) in [4.78, 5) is 11.5. The maximum Gasteiger partial charge on any atom is 0.411 e. The first kappa shape index (κ1) is 12.5. The fraction of sp³-hybridized carbons (Fsp3) is 0.375. The fourth-order valence-corrected chi connectivity index (χ4v) is 1.76. The van der Waals surface area contributed by atoms with Crippen molar-refractivity contribution in [3.05, 3.63) is 21.3 Å². The third-order valence-electron chi connectivity index (χ3n) is 1.35. The van der Waals surface area contributed by atoms with Gasteiger partial charge in [-0.05, 0) is 12.1 Å². The van der Waals surface area contributed by atoms with Gasteiger partial charge in [0.1, 0.15) is 13.2 Å². The zero-order valence-corrected chi connectivity index (χ0v) is 8.88. The number of hydrogen-bond donors (Lipinski definition) is 0. The van der Waals surface area contributed by atoms with Crippen molar-refractivity contribution in [1.29, 1.82) is 0 Å². The molecule has 15 heavy (non-hydrogen) atoms. The number of ether oxygens (including phenoxy) is 1. The van der Waals surface area contributed by atoms with Crippen LogP contribution in [0.1, 0.15) is 9.67 Å². The van der Waals surface area contributed by atoms with Crippen molar-refractivity contribution in [1.82, 2.24) is 0 Å². The summed E-state index contributed by atoms with van der Waals surface area (Å²) >= 11 is 6.56. The molecule has 0 spiro atoms. The summed E-state index contributed by atoms with van der Waals surface area (Å²) in [5, 5.41) is 0. The number of rotatable bonds is 4. The average molecular weight is 259 g/mol. The minimum absolute atomic E-state index is 0.294. The summed E-state index contributed by atoms with van der Waals surface area (Å²) in [5.74, 6) is -0.504. The molecule has 0 atom stereocenters. The number of ketones is 1. The molecule has 1 aromatic rings. The van der Waals surface area contributed by atoms with Gasteiger partial charge in [0.25, 0.3) is 0 Å². The van der Waals surface area contributed by atoms with Gasteiger partial charge in [0.15, 0.2) is 5.78 Å². The quantitative estimate of drug-likeness (QED) is 0.776. The lowest BCUT2D eigenvalue weighted by atomic mass is 10.3. The third kappa shape index (κ3) is 4.63. The molecule has 2 nitrogen and oxygen atoms in total. The van der Waals surface area contributed by atoms with Gasteiger partial charge in [-0.2, -0.15) is 13.2 Å². The highest BCUT2D eigenvalue weighted by Gasteiger charge is 2.27. The highest BCUT2D eigenvalue weighted by molar-refractivity contribution is 7.18. The predicted octanol–water partition coefficient (Wildman–Crippen LogP) is 3.16. The monoisotopic (exact) mass is 258 g/mol. The van der Waals surface area contributed by atoms with Crippen LogP contribution >= 0.6 is 22.9 Å². The van der Waals surface area contributed by atoms with Crippen LogP contribution in [-0.4, -0.2) is 25.2 Å². The Balaban J connectivity index is 2.37. The zero-order valence-electron chi connectivity index (χ0n) is 7.31.